The Balaban J connectivity index is 1.75. The lowest BCUT2D eigenvalue weighted by Gasteiger charge is -2.19. The number of urea groups is 1. The molecule has 1 atom stereocenters. The second kappa shape index (κ2) is 8.93. The van der Waals surface area contributed by atoms with Crippen LogP contribution in [0, 0.1) is 0 Å². The molecule has 3 N–H and O–H groups in total. The molecule has 0 radical (unpaired) electrons. The van der Waals surface area contributed by atoms with Crippen molar-refractivity contribution in [2.45, 2.75) is 26.5 Å². The van der Waals surface area contributed by atoms with Gasteiger partial charge in [-0.15, -0.1) is 0 Å². The van der Waals surface area contributed by atoms with Gasteiger partial charge in [0.25, 0.3) is 0 Å². The number of nitrogens with zero attached hydrogens (tertiary/aromatic N) is 2. The zero-order valence-corrected chi connectivity index (χ0v) is 14.0. The fourth-order valence-corrected chi connectivity index (χ4v) is 2.27. The Hall–Kier alpha value is -2.54. The topological polar surface area (TPSA) is 90.6 Å². The van der Waals surface area contributed by atoms with Crippen molar-refractivity contribution in [3.05, 3.63) is 48.0 Å². The van der Waals surface area contributed by atoms with Gasteiger partial charge >= 0.3 is 6.03 Å². The van der Waals surface area contributed by atoms with Gasteiger partial charge in [0.1, 0.15) is 17.7 Å². The van der Waals surface area contributed by atoms with Crippen molar-refractivity contribution >= 4 is 11.8 Å². The largest absolute Gasteiger partial charge is 0.467 e. The van der Waals surface area contributed by atoms with E-state index in [1.807, 2.05) is 12.1 Å². The molecule has 0 aliphatic rings. The predicted octanol–water partition coefficient (Wildman–Crippen LogP) is 2.05. The third-order valence-corrected chi connectivity index (χ3v) is 3.68. The van der Waals surface area contributed by atoms with Crippen molar-refractivity contribution in [3.8, 4) is 0 Å². The van der Waals surface area contributed by atoms with Crippen LogP contribution in [-0.4, -0.2) is 35.8 Å². The van der Waals surface area contributed by atoms with Crippen LogP contribution in [-0.2, 0) is 6.54 Å². The Labute approximate surface area is 141 Å². The SMILES string of the molecule is CCN(CC)c1ccc(CNC(=O)NCC(O)c2ccco2)cn1. The normalized spacial score (nSPS) is 11.8. The summed E-state index contributed by atoms with van der Waals surface area (Å²) in [6.07, 6.45) is 2.37. The molecule has 7 nitrogen and oxygen atoms in total. The van der Waals surface area contributed by atoms with Gasteiger partial charge in [-0.3, -0.25) is 0 Å². The summed E-state index contributed by atoms with van der Waals surface area (Å²) in [5.41, 5.74) is 0.910. The number of hydrogen-bond acceptors (Lipinski definition) is 5. The first-order valence-corrected chi connectivity index (χ1v) is 8.07. The monoisotopic (exact) mass is 332 g/mol. The van der Waals surface area contributed by atoms with E-state index in [9.17, 15) is 9.90 Å². The third kappa shape index (κ3) is 4.99. The van der Waals surface area contributed by atoms with Crippen molar-refractivity contribution in [2.24, 2.45) is 0 Å². The molecule has 0 spiro atoms. The van der Waals surface area contributed by atoms with Crippen LogP contribution in [0.1, 0.15) is 31.3 Å². The minimum Gasteiger partial charge on any atom is -0.467 e. The Kier molecular flexibility index (Phi) is 6.62. The number of hydrogen-bond donors (Lipinski definition) is 3. The van der Waals surface area contributed by atoms with Crippen molar-refractivity contribution < 1.29 is 14.3 Å². The highest BCUT2D eigenvalue weighted by Crippen LogP contribution is 2.12. The quantitative estimate of drug-likeness (QED) is 0.688. The van der Waals surface area contributed by atoms with Gasteiger partial charge in [0.15, 0.2) is 0 Å². The summed E-state index contributed by atoms with van der Waals surface area (Å²) in [5.74, 6) is 1.35. The van der Waals surface area contributed by atoms with Crippen molar-refractivity contribution in [3.63, 3.8) is 0 Å². The summed E-state index contributed by atoms with van der Waals surface area (Å²) >= 11 is 0. The first kappa shape index (κ1) is 17.8. The molecule has 0 aliphatic heterocycles. The van der Waals surface area contributed by atoms with Crippen LogP contribution >= 0.6 is 0 Å². The van der Waals surface area contributed by atoms with Crippen LogP contribution in [0.3, 0.4) is 0 Å². The fraction of sp³-hybridized carbons (Fsp3) is 0.412. The number of nitrogens with one attached hydrogen (secondary N) is 2. The first-order chi connectivity index (χ1) is 11.6. The van der Waals surface area contributed by atoms with Crippen LogP contribution < -0.4 is 15.5 Å². The van der Waals surface area contributed by atoms with Crippen LogP contribution in [0.4, 0.5) is 10.6 Å². The van der Waals surface area contributed by atoms with Crippen LogP contribution in [0.15, 0.2) is 41.1 Å². The Morgan fingerprint density at radius 1 is 1.29 bits per heavy atom. The molecule has 0 saturated heterocycles. The maximum absolute atomic E-state index is 11.8. The molecule has 2 heterocycles. The highest BCUT2D eigenvalue weighted by molar-refractivity contribution is 5.73. The van der Waals surface area contributed by atoms with Crippen LogP contribution in [0.2, 0.25) is 0 Å². The van der Waals surface area contributed by atoms with E-state index >= 15 is 0 Å². The molecule has 7 heteroatoms. The van der Waals surface area contributed by atoms with E-state index in [4.69, 9.17) is 4.42 Å². The second-order valence-electron chi connectivity index (χ2n) is 5.29. The molecule has 0 fully saturated rings. The Morgan fingerprint density at radius 2 is 2.08 bits per heavy atom. The van der Waals surface area contributed by atoms with E-state index in [2.05, 4.69) is 34.4 Å². The van der Waals surface area contributed by atoms with Gasteiger partial charge in [0.2, 0.25) is 0 Å². The number of furan rings is 1. The summed E-state index contributed by atoms with van der Waals surface area (Å²) in [7, 11) is 0. The number of anilines is 1. The average molecular weight is 332 g/mol. The van der Waals surface area contributed by atoms with Crippen molar-refractivity contribution in [2.75, 3.05) is 24.5 Å². The lowest BCUT2D eigenvalue weighted by molar-refractivity contribution is 0.148. The van der Waals surface area contributed by atoms with Gasteiger partial charge in [0, 0.05) is 25.8 Å². The molecule has 130 valence electrons. The van der Waals surface area contributed by atoms with Gasteiger partial charge in [-0.25, -0.2) is 9.78 Å². The van der Waals surface area contributed by atoms with Crippen LogP contribution in [0.25, 0.3) is 0 Å². The number of amides is 2. The van der Waals surface area contributed by atoms with Gasteiger partial charge in [0.05, 0.1) is 12.8 Å². The summed E-state index contributed by atoms with van der Waals surface area (Å²) < 4.78 is 5.07. The summed E-state index contributed by atoms with van der Waals surface area (Å²) in [6, 6.07) is 6.88. The molecule has 0 aliphatic carbocycles. The van der Waals surface area contributed by atoms with E-state index in [1.165, 1.54) is 6.26 Å². The predicted molar refractivity (Wildman–Crippen MR) is 91.7 cm³/mol. The number of carbonyl (C=O) groups excluding carboxylic acids is 1. The molecule has 24 heavy (non-hydrogen) atoms. The summed E-state index contributed by atoms with van der Waals surface area (Å²) in [4.78, 5) is 18.3. The van der Waals surface area contributed by atoms with E-state index in [0.717, 1.165) is 24.5 Å². The number of aliphatic hydroxyl groups is 1. The molecule has 2 aromatic rings. The third-order valence-electron chi connectivity index (χ3n) is 3.68. The Bertz CT molecular complexity index is 609. The highest BCUT2D eigenvalue weighted by Gasteiger charge is 2.11. The number of carbonyl (C=O) groups is 1. The molecule has 1 unspecified atom stereocenters. The maximum atomic E-state index is 11.8. The second-order valence-corrected chi connectivity index (χ2v) is 5.29. The van der Waals surface area contributed by atoms with Gasteiger partial charge in [-0.1, -0.05) is 6.07 Å². The highest BCUT2D eigenvalue weighted by atomic mass is 16.4. The number of pyridine rings is 1. The summed E-state index contributed by atoms with van der Waals surface area (Å²) in [6.45, 7) is 6.43. The molecule has 2 aromatic heterocycles. The zero-order valence-electron chi connectivity index (χ0n) is 14.0. The number of rotatable bonds is 8. The summed E-state index contributed by atoms with van der Waals surface area (Å²) in [5, 5.41) is 15.2. The molecular formula is C17H24N4O3. The van der Waals surface area contributed by atoms with E-state index < -0.39 is 6.10 Å². The van der Waals surface area contributed by atoms with Crippen molar-refractivity contribution in [1.29, 1.82) is 0 Å². The molecule has 2 amide bonds. The van der Waals surface area contributed by atoms with E-state index in [-0.39, 0.29) is 12.6 Å². The molecular weight excluding hydrogens is 308 g/mol. The number of aliphatic hydroxyl groups excluding tert-OH is 1. The molecule has 0 aromatic carbocycles. The minimum absolute atomic E-state index is 0.0818. The lowest BCUT2D eigenvalue weighted by atomic mass is 10.2. The molecule has 2 rings (SSSR count). The molecule has 0 bridgehead atoms. The lowest BCUT2D eigenvalue weighted by Crippen LogP contribution is -2.37. The first-order valence-electron chi connectivity index (χ1n) is 8.07. The average Bonchev–Trinajstić information content (AvgIpc) is 3.14. The van der Waals surface area contributed by atoms with Crippen molar-refractivity contribution in [1.82, 2.24) is 15.6 Å². The molecule has 0 saturated carbocycles. The standard InChI is InChI=1S/C17H24N4O3/c1-3-21(4-2)16-8-7-13(10-18-16)11-19-17(23)20-12-14(22)15-6-5-9-24-15/h5-10,14,22H,3-4,11-12H2,1-2H3,(H2,19,20,23). The Morgan fingerprint density at radius 3 is 2.67 bits per heavy atom. The zero-order chi connectivity index (χ0) is 17.4. The van der Waals surface area contributed by atoms with Gasteiger partial charge < -0.3 is 25.1 Å². The van der Waals surface area contributed by atoms with Crippen LogP contribution in [0.5, 0.6) is 0 Å². The number of aromatic nitrogens is 1. The van der Waals surface area contributed by atoms with E-state index in [1.54, 1.807) is 18.3 Å². The smallest absolute Gasteiger partial charge is 0.315 e. The van der Waals surface area contributed by atoms with Gasteiger partial charge in [-0.2, -0.15) is 0 Å². The maximum Gasteiger partial charge on any atom is 0.315 e. The van der Waals surface area contributed by atoms with E-state index in [0.29, 0.717) is 12.3 Å². The minimum atomic E-state index is -0.860. The van der Waals surface area contributed by atoms with Gasteiger partial charge in [-0.05, 0) is 37.6 Å². The fourth-order valence-electron chi connectivity index (χ4n) is 2.27.